The van der Waals surface area contributed by atoms with Gasteiger partial charge in [-0.05, 0) is 26.2 Å². The van der Waals surface area contributed by atoms with E-state index in [9.17, 15) is 5.11 Å². The summed E-state index contributed by atoms with van der Waals surface area (Å²) in [6.45, 7) is 2.65. The second-order valence-corrected chi connectivity index (χ2v) is 4.70. The Morgan fingerprint density at radius 1 is 1.29 bits per heavy atom. The minimum absolute atomic E-state index is 0.140. The van der Waals surface area contributed by atoms with Crippen LogP contribution in [0.2, 0.25) is 0 Å². The van der Waals surface area contributed by atoms with Crippen LogP contribution in [0.25, 0.3) is 0 Å². The number of hydrogen-bond acceptors (Lipinski definition) is 5. The van der Waals surface area contributed by atoms with Crippen LogP contribution in [0.1, 0.15) is 32.6 Å². The monoisotopic (exact) mass is 246 g/mol. The lowest BCUT2D eigenvalue weighted by Gasteiger charge is -2.40. The van der Waals surface area contributed by atoms with Crippen LogP contribution in [0, 0.1) is 0 Å². The summed E-state index contributed by atoms with van der Waals surface area (Å²) in [6, 6.07) is 0. The van der Waals surface area contributed by atoms with Crippen LogP contribution in [0.4, 0.5) is 0 Å². The van der Waals surface area contributed by atoms with Gasteiger partial charge in [0.1, 0.15) is 6.10 Å². The van der Waals surface area contributed by atoms with Crippen molar-refractivity contribution in [3.05, 3.63) is 0 Å². The number of aliphatic hydroxyl groups excluding tert-OH is 1. The summed E-state index contributed by atoms with van der Waals surface area (Å²) in [6.07, 6.45) is 2.17. The Morgan fingerprint density at radius 3 is 2.76 bits per heavy atom. The molecule has 5 nitrogen and oxygen atoms in total. The fourth-order valence-corrected chi connectivity index (χ4v) is 2.44. The minimum atomic E-state index is -0.762. The molecule has 2 heterocycles. The standard InChI is InChI=1S/C12H22O5/c1-8-12(9(14-2)7-10(13)16-8)17-11-5-3-4-6-15-11/h8-13H,3-7H2,1-2H3/t8-,9-,10+,11-,12?/m0/s1. The van der Waals surface area contributed by atoms with Crippen molar-refractivity contribution in [2.24, 2.45) is 0 Å². The van der Waals surface area contributed by atoms with Crippen LogP contribution >= 0.6 is 0 Å². The van der Waals surface area contributed by atoms with Gasteiger partial charge in [-0.1, -0.05) is 0 Å². The Balaban J connectivity index is 1.91. The van der Waals surface area contributed by atoms with Gasteiger partial charge in [-0.3, -0.25) is 0 Å². The molecule has 2 rings (SSSR count). The molecule has 0 aromatic rings. The molecule has 0 radical (unpaired) electrons. The van der Waals surface area contributed by atoms with Crippen molar-refractivity contribution in [1.82, 2.24) is 0 Å². The van der Waals surface area contributed by atoms with Crippen molar-refractivity contribution in [3.63, 3.8) is 0 Å². The molecule has 2 aliphatic heterocycles. The van der Waals surface area contributed by atoms with Gasteiger partial charge in [0.05, 0.1) is 12.2 Å². The maximum absolute atomic E-state index is 9.52. The molecule has 0 aromatic heterocycles. The largest absolute Gasteiger partial charge is 0.378 e. The highest BCUT2D eigenvalue weighted by molar-refractivity contribution is 4.83. The summed E-state index contributed by atoms with van der Waals surface area (Å²) in [5.41, 5.74) is 0. The van der Waals surface area contributed by atoms with Gasteiger partial charge >= 0.3 is 0 Å². The molecule has 0 amide bonds. The summed E-state index contributed by atoms with van der Waals surface area (Å²) in [7, 11) is 1.63. The van der Waals surface area contributed by atoms with Crippen LogP contribution in [-0.2, 0) is 18.9 Å². The first-order chi connectivity index (χ1) is 8.20. The van der Waals surface area contributed by atoms with Crippen molar-refractivity contribution in [3.8, 4) is 0 Å². The van der Waals surface area contributed by atoms with Crippen molar-refractivity contribution in [1.29, 1.82) is 0 Å². The second-order valence-electron chi connectivity index (χ2n) is 4.70. The first kappa shape index (κ1) is 13.2. The lowest BCUT2D eigenvalue weighted by Crippen LogP contribution is -2.51. The SMILES string of the molecule is CO[C@H]1C[C@H](O)O[C@@H](C)C1O[C@H]1CCCCO1. The normalized spacial score (nSPS) is 43.6. The van der Waals surface area contributed by atoms with E-state index in [0.29, 0.717) is 6.42 Å². The molecule has 17 heavy (non-hydrogen) atoms. The Bertz CT molecular complexity index is 229. The fraction of sp³-hybridized carbons (Fsp3) is 1.00. The van der Waals surface area contributed by atoms with E-state index in [1.165, 1.54) is 0 Å². The summed E-state index contributed by atoms with van der Waals surface area (Å²) in [5.74, 6) is 0. The van der Waals surface area contributed by atoms with E-state index >= 15 is 0 Å². The molecule has 1 unspecified atom stereocenters. The molecule has 0 aliphatic carbocycles. The first-order valence-corrected chi connectivity index (χ1v) is 6.34. The molecule has 1 N–H and O–H groups in total. The third-order valence-corrected chi connectivity index (χ3v) is 3.38. The second kappa shape index (κ2) is 6.11. The van der Waals surface area contributed by atoms with Crippen LogP contribution in [0.15, 0.2) is 0 Å². The van der Waals surface area contributed by atoms with Crippen LogP contribution < -0.4 is 0 Å². The first-order valence-electron chi connectivity index (χ1n) is 6.34. The molecule has 2 aliphatic rings. The highest BCUT2D eigenvalue weighted by Gasteiger charge is 2.38. The number of methoxy groups -OCH3 is 1. The average Bonchev–Trinajstić information content (AvgIpc) is 2.33. The fourth-order valence-electron chi connectivity index (χ4n) is 2.44. The highest BCUT2D eigenvalue weighted by Crippen LogP contribution is 2.26. The van der Waals surface area contributed by atoms with Crippen molar-refractivity contribution in [2.45, 2.75) is 63.5 Å². The molecule has 0 saturated carbocycles. The van der Waals surface area contributed by atoms with E-state index in [1.54, 1.807) is 7.11 Å². The van der Waals surface area contributed by atoms with E-state index in [-0.39, 0.29) is 24.6 Å². The highest BCUT2D eigenvalue weighted by atomic mass is 16.7. The van der Waals surface area contributed by atoms with Gasteiger partial charge < -0.3 is 24.1 Å². The van der Waals surface area contributed by atoms with Gasteiger partial charge in [0.15, 0.2) is 12.6 Å². The molecule has 0 aromatic carbocycles. The van der Waals surface area contributed by atoms with E-state index in [0.717, 1.165) is 25.9 Å². The van der Waals surface area contributed by atoms with Gasteiger partial charge in [-0.25, -0.2) is 0 Å². The van der Waals surface area contributed by atoms with Crippen molar-refractivity contribution < 1.29 is 24.1 Å². The average molecular weight is 246 g/mol. The Hall–Kier alpha value is -0.200. The zero-order valence-electron chi connectivity index (χ0n) is 10.5. The topological polar surface area (TPSA) is 57.2 Å². The van der Waals surface area contributed by atoms with E-state index < -0.39 is 6.29 Å². The zero-order valence-corrected chi connectivity index (χ0v) is 10.5. The van der Waals surface area contributed by atoms with Gasteiger partial charge in [0, 0.05) is 20.1 Å². The van der Waals surface area contributed by atoms with Crippen LogP contribution in [-0.4, -0.2) is 49.7 Å². The molecule has 0 spiro atoms. The van der Waals surface area contributed by atoms with Gasteiger partial charge in [-0.15, -0.1) is 0 Å². The Labute approximate surface area is 102 Å². The third-order valence-electron chi connectivity index (χ3n) is 3.38. The quantitative estimate of drug-likeness (QED) is 0.806. The smallest absolute Gasteiger partial charge is 0.158 e. The summed E-state index contributed by atoms with van der Waals surface area (Å²) < 4.78 is 22.2. The number of rotatable bonds is 3. The predicted molar refractivity (Wildman–Crippen MR) is 60.4 cm³/mol. The van der Waals surface area contributed by atoms with Crippen LogP contribution in [0.3, 0.4) is 0 Å². The molecular weight excluding hydrogens is 224 g/mol. The Kier molecular flexibility index (Phi) is 4.76. The summed E-state index contributed by atoms with van der Waals surface area (Å²) in [5, 5.41) is 9.52. The maximum atomic E-state index is 9.52. The van der Waals surface area contributed by atoms with E-state index in [2.05, 4.69) is 0 Å². The molecule has 0 bridgehead atoms. The lowest BCUT2D eigenvalue weighted by molar-refractivity contribution is -0.284. The van der Waals surface area contributed by atoms with Gasteiger partial charge in [-0.2, -0.15) is 0 Å². The predicted octanol–water partition coefficient (Wildman–Crippen LogP) is 1.04. The zero-order chi connectivity index (χ0) is 12.3. The molecule has 2 fully saturated rings. The Morgan fingerprint density at radius 2 is 2.12 bits per heavy atom. The number of aliphatic hydroxyl groups is 1. The summed E-state index contributed by atoms with van der Waals surface area (Å²) in [4.78, 5) is 0. The van der Waals surface area contributed by atoms with E-state index in [1.807, 2.05) is 6.92 Å². The van der Waals surface area contributed by atoms with Crippen molar-refractivity contribution in [2.75, 3.05) is 13.7 Å². The minimum Gasteiger partial charge on any atom is -0.378 e. The third kappa shape index (κ3) is 3.39. The van der Waals surface area contributed by atoms with Gasteiger partial charge in [0.2, 0.25) is 0 Å². The number of hydrogen-bond donors (Lipinski definition) is 1. The number of ether oxygens (including phenoxy) is 4. The van der Waals surface area contributed by atoms with E-state index in [4.69, 9.17) is 18.9 Å². The molecule has 100 valence electrons. The van der Waals surface area contributed by atoms with Gasteiger partial charge in [0.25, 0.3) is 0 Å². The molecular formula is C12H22O5. The molecule has 2 saturated heterocycles. The maximum Gasteiger partial charge on any atom is 0.158 e. The molecule has 5 heteroatoms. The lowest BCUT2D eigenvalue weighted by atomic mass is 10.0. The summed E-state index contributed by atoms with van der Waals surface area (Å²) >= 11 is 0. The van der Waals surface area contributed by atoms with Crippen LogP contribution in [0.5, 0.6) is 0 Å². The van der Waals surface area contributed by atoms with Crippen molar-refractivity contribution >= 4 is 0 Å². The molecule has 5 atom stereocenters.